The third-order valence-electron chi connectivity index (χ3n) is 3.46. The van der Waals surface area contributed by atoms with Crippen LogP contribution in [0.5, 0.6) is 0 Å². The van der Waals surface area contributed by atoms with Crippen molar-refractivity contribution in [2.45, 2.75) is 44.4 Å². The molecular formula is C11H22N2O. The van der Waals surface area contributed by atoms with E-state index in [0.29, 0.717) is 12.1 Å². The SMILES string of the molecule is CC(NC1CCC1)C1CN(C)CCO1. The van der Waals surface area contributed by atoms with Crippen molar-refractivity contribution in [2.75, 3.05) is 26.7 Å². The average Bonchev–Trinajstić information content (AvgIpc) is 2.11. The number of rotatable bonds is 3. The molecule has 3 nitrogen and oxygen atoms in total. The Hall–Kier alpha value is -0.120. The normalized spacial score (nSPS) is 32.6. The van der Waals surface area contributed by atoms with Crippen LogP contribution in [0.1, 0.15) is 26.2 Å². The molecule has 1 aliphatic carbocycles. The molecule has 1 heterocycles. The van der Waals surface area contributed by atoms with Crippen LogP contribution < -0.4 is 5.32 Å². The molecule has 1 saturated carbocycles. The van der Waals surface area contributed by atoms with Crippen LogP contribution in [0.4, 0.5) is 0 Å². The molecule has 0 aromatic heterocycles. The highest BCUT2D eigenvalue weighted by molar-refractivity contribution is 4.85. The number of nitrogens with one attached hydrogen (secondary N) is 1. The molecule has 3 heteroatoms. The van der Waals surface area contributed by atoms with Gasteiger partial charge in [0.2, 0.25) is 0 Å². The van der Waals surface area contributed by atoms with Crippen molar-refractivity contribution in [1.82, 2.24) is 10.2 Å². The van der Waals surface area contributed by atoms with E-state index in [2.05, 4.69) is 24.2 Å². The first-order valence-corrected chi connectivity index (χ1v) is 5.82. The van der Waals surface area contributed by atoms with E-state index in [0.717, 1.165) is 25.7 Å². The third-order valence-corrected chi connectivity index (χ3v) is 3.46. The first-order chi connectivity index (χ1) is 6.75. The highest BCUT2D eigenvalue weighted by atomic mass is 16.5. The Kier molecular flexibility index (Phi) is 3.42. The van der Waals surface area contributed by atoms with E-state index < -0.39 is 0 Å². The maximum absolute atomic E-state index is 5.78. The van der Waals surface area contributed by atoms with Crippen molar-refractivity contribution in [3.63, 3.8) is 0 Å². The molecule has 1 saturated heterocycles. The molecule has 0 aromatic rings. The first-order valence-electron chi connectivity index (χ1n) is 5.82. The van der Waals surface area contributed by atoms with Gasteiger partial charge in [-0.3, -0.25) is 0 Å². The van der Waals surface area contributed by atoms with E-state index >= 15 is 0 Å². The zero-order valence-corrected chi connectivity index (χ0v) is 9.33. The fraction of sp³-hybridized carbons (Fsp3) is 1.00. The van der Waals surface area contributed by atoms with Gasteiger partial charge in [0, 0.05) is 25.2 Å². The van der Waals surface area contributed by atoms with E-state index in [9.17, 15) is 0 Å². The Morgan fingerprint density at radius 3 is 2.79 bits per heavy atom. The molecule has 2 aliphatic rings. The van der Waals surface area contributed by atoms with Gasteiger partial charge in [-0.05, 0) is 26.8 Å². The zero-order chi connectivity index (χ0) is 9.97. The lowest BCUT2D eigenvalue weighted by atomic mass is 9.92. The Bertz CT molecular complexity index is 182. The van der Waals surface area contributed by atoms with Gasteiger partial charge >= 0.3 is 0 Å². The molecule has 2 fully saturated rings. The number of nitrogens with zero attached hydrogens (tertiary/aromatic N) is 1. The zero-order valence-electron chi connectivity index (χ0n) is 9.33. The number of hydrogen-bond donors (Lipinski definition) is 1. The Labute approximate surface area is 86.8 Å². The smallest absolute Gasteiger partial charge is 0.0852 e. The van der Waals surface area contributed by atoms with Crippen LogP contribution in [0.15, 0.2) is 0 Å². The van der Waals surface area contributed by atoms with E-state index in [-0.39, 0.29) is 0 Å². The molecule has 1 aliphatic heterocycles. The van der Waals surface area contributed by atoms with Crippen LogP contribution >= 0.6 is 0 Å². The van der Waals surface area contributed by atoms with Crippen LogP contribution in [0.2, 0.25) is 0 Å². The highest BCUT2D eigenvalue weighted by Crippen LogP contribution is 2.20. The second-order valence-electron chi connectivity index (χ2n) is 4.75. The quantitative estimate of drug-likeness (QED) is 0.727. The third kappa shape index (κ3) is 2.47. The van der Waals surface area contributed by atoms with Crippen LogP contribution in [0.25, 0.3) is 0 Å². The van der Waals surface area contributed by atoms with Gasteiger partial charge in [-0.25, -0.2) is 0 Å². The summed E-state index contributed by atoms with van der Waals surface area (Å²) in [6.07, 6.45) is 4.49. The van der Waals surface area contributed by atoms with E-state index in [1.165, 1.54) is 19.3 Å². The molecular weight excluding hydrogens is 176 g/mol. The lowest BCUT2D eigenvalue weighted by Crippen LogP contribution is -2.53. The van der Waals surface area contributed by atoms with Gasteiger partial charge in [-0.2, -0.15) is 0 Å². The largest absolute Gasteiger partial charge is 0.374 e. The molecule has 0 amide bonds. The summed E-state index contributed by atoms with van der Waals surface area (Å²) in [6.45, 7) is 5.29. The summed E-state index contributed by atoms with van der Waals surface area (Å²) in [5, 5.41) is 3.65. The maximum Gasteiger partial charge on any atom is 0.0852 e. The molecule has 2 unspecified atom stereocenters. The van der Waals surface area contributed by atoms with Crippen molar-refractivity contribution < 1.29 is 4.74 Å². The van der Waals surface area contributed by atoms with Crippen LogP contribution in [0, 0.1) is 0 Å². The summed E-state index contributed by atoms with van der Waals surface area (Å²) < 4.78 is 5.78. The predicted octanol–water partition coefficient (Wildman–Crippen LogP) is 0.848. The van der Waals surface area contributed by atoms with Gasteiger partial charge in [0.15, 0.2) is 0 Å². The van der Waals surface area contributed by atoms with Crippen LogP contribution in [0.3, 0.4) is 0 Å². The second kappa shape index (κ2) is 4.60. The molecule has 82 valence electrons. The molecule has 0 bridgehead atoms. The lowest BCUT2D eigenvalue weighted by Gasteiger charge is -2.37. The van der Waals surface area contributed by atoms with Crippen molar-refractivity contribution in [3.05, 3.63) is 0 Å². The minimum atomic E-state index is 0.384. The van der Waals surface area contributed by atoms with Crippen molar-refractivity contribution in [1.29, 1.82) is 0 Å². The minimum Gasteiger partial charge on any atom is -0.374 e. The van der Waals surface area contributed by atoms with Gasteiger partial charge in [0.25, 0.3) is 0 Å². The number of likely N-dealkylation sites (N-methyl/N-ethyl adjacent to an activating group) is 1. The standard InChI is InChI=1S/C11H22N2O/c1-9(12-10-4-3-5-10)11-8-13(2)6-7-14-11/h9-12H,3-8H2,1-2H3. The van der Waals surface area contributed by atoms with Gasteiger partial charge in [-0.15, -0.1) is 0 Å². The molecule has 2 atom stereocenters. The van der Waals surface area contributed by atoms with E-state index in [4.69, 9.17) is 4.74 Å². The maximum atomic E-state index is 5.78. The monoisotopic (exact) mass is 198 g/mol. The second-order valence-corrected chi connectivity index (χ2v) is 4.75. The van der Waals surface area contributed by atoms with Crippen molar-refractivity contribution in [3.8, 4) is 0 Å². The fourth-order valence-electron chi connectivity index (χ4n) is 2.17. The summed E-state index contributed by atoms with van der Waals surface area (Å²) >= 11 is 0. The first kappa shape index (κ1) is 10.4. The Balaban J connectivity index is 1.74. The van der Waals surface area contributed by atoms with Gasteiger partial charge in [-0.1, -0.05) is 6.42 Å². The lowest BCUT2D eigenvalue weighted by molar-refractivity contribution is -0.0386. The highest BCUT2D eigenvalue weighted by Gasteiger charge is 2.27. The summed E-state index contributed by atoms with van der Waals surface area (Å²) in [7, 11) is 2.17. The number of ether oxygens (including phenoxy) is 1. The van der Waals surface area contributed by atoms with Crippen LogP contribution in [-0.2, 0) is 4.74 Å². The molecule has 2 rings (SSSR count). The minimum absolute atomic E-state index is 0.384. The van der Waals surface area contributed by atoms with Gasteiger partial charge in [0.1, 0.15) is 0 Å². The number of morpholine rings is 1. The molecule has 0 aromatic carbocycles. The van der Waals surface area contributed by atoms with Crippen molar-refractivity contribution >= 4 is 0 Å². The summed E-state index contributed by atoms with van der Waals surface area (Å²) in [6, 6.07) is 1.27. The predicted molar refractivity (Wildman–Crippen MR) is 57.5 cm³/mol. The van der Waals surface area contributed by atoms with Gasteiger partial charge in [0.05, 0.1) is 12.7 Å². The molecule has 14 heavy (non-hydrogen) atoms. The molecule has 0 radical (unpaired) electrons. The fourth-order valence-corrected chi connectivity index (χ4v) is 2.17. The Morgan fingerprint density at radius 1 is 1.43 bits per heavy atom. The van der Waals surface area contributed by atoms with E-state index in [1.54, 1.807) is 0 Å². The van der Waals surface area contributed by atoms with Crippen molar-refractivity contribution in [2.24, 2.45) is 0 Å². The summed E-state index contributed by atoms with van der Waals surface area (Å²) in [5.41, 5.74) is 0. The van der Waals surface area contributed by atoms with Gasteiger partial charge < -0.3 is 15.0 Å². The topological polar surface area (TPSA) is 24.5 Å². The molecule has 0 spiro atoms. The Morgan fingerprint density at radius 2 is 2.21 bits per heavy atom. The molecule has 1 N–H and O–H groups in total. The average molecular weight is 198 g/mol. The van der Waals surface area contributed by atoms with E-state index in [1.807, 2.05) is 0 Å². The summed E-state index contributed by atoms with van der Waals surface area (Å²) in [5.74, 6) is 0. The number of hydrogen-bond acceptors (Lipinski definition) is 3. The summed E-state index contributed by atoms with van der Waals surface area (Å²) in [4.78, 5) is 2.35. The van der Waals surface area contributed by atoms with Crippen LogP contribution in [-0.4, -0.2) is 49.8 Å².